The van der Waals surface area contributed by atoms with Crippen LogP contribution < -0.4 is 5.32 Å². The summed E-state index contributed by atoms with van der Waals surface area (Å²) in [4.78, 5) is 12.7. The topological polar surface area (TPSA) is 101 Å². The maximum Gasteiger partial charge on any atom is 0.459 e. The summed E-state index contributed by atoms with van der Waals surface area (Å²) in [5.41, 5.74) is -7.08. The zero-order chi connectivity index (χ0) is 28.4. The van der Waals surface area contributed by atoms with Crippen LogP contribution in [0.5, 0.6) is 0 Å². The second kappa shape index (κ2) is 8.65. The Labute approximate surface area is 212 Å². The lowest BCUT2D eigenvalue weighted by Crippen LogP contribution is -2.36. The summed E-state index contributed by atoms with van der Waals surface area (Å²) in [5, 5.41) is 21.9. The van der Waals surface area contributed by atoms with E-state index >= 15 is 0 Å². The average Bonchev–Trinajstić information content (AvgIpc) is 3.33. The van der Waals surface area contributed by atoms with Gasteiger partial charge in [0.25, 0.3) is 5.91 Å². The van der Waals surface area contributed by atoms with Crippen molar-refractivity contribution in [2.75, 3.05) is 0 Å². The minimum atomic E-state index is -6.35. The van der Waals surface area contributed by atoms with Crippen LogP contribution in [0, 0.1) is 11.3 Å². The molecule has 0 unspecified atom stereocenters. The van der Waals surface area contributed by atoms with E-state index in [1.54, 1.807) is 0 Å². The van der Waals surface area contributed by atoms with Gasteiger partial charge in [-0.25, -0.2) is 0 Å². The van der Waals surface area contributed by atoms with Crippen LogP contribution in [-0.2, 0) is 26.2 Å². The van der Waals surface area contributed by atoms with Gasteiger partial charge in [0.05, 0.1) is 16.7 Å². The number of carbonyl (C=O) groups excluding carboxylic acids is 1. The number of hydrogen-bond donors (Lipinski definition) is 1. The summed E-state index contributed by atoms with van der Waals surface area (Å²) in [6, 6.07) is 5.80. The molecular weight excluding hydrogens is 554 g/mol. The normalized spacial score (nSPS) is 15.3. The van der Waals surface area contributed by atoms with Crippen LogP contribution in [0.1, 0.15) is 34.5 Å². The molecule has 1 N–H and O–H groups in total. The third kappa shape index (κ3) is 4.44. The highest BCUT2D eigenvalue weighted by molar-refractivity contribution is 6.34. The number of amides is 1. The summed E-state index contributed by atoms with van der Waals surface area (Å²) >= 11 is 6.10. The van der Waals surface area contributed by atoms with Crippen molar-refractivity contribution in [1.29, 1.82) is 5.26 Å². The number of nitrogens with one attached hydrogen (secondary N) is 1. The van der Waals surface area contributed by atoms with E-state index in [1.807, 2.05) is 6.07 Å². The van der Waals surface area contributed by atoms with Crippen LogP contribution in [0.15, 0.2) is 18.2 Å². The van der Waals surface area contributed by atoms with Crippen molar-refractivity contribution >= 4 is 17.5 Å². The predicted molar refractivity (Wildman–Crippen MR) is 114 cm³/mol. The van der Waals surface area contributed by atoms with Gasteiger partial charge in [0.1, 0.15) is 16.8 Å². The number of nitriles is 1. The maximum atomic E-state index is 14.0. The van der Waals surface area contributed by atoms with Gasteiger partial charge in [-0.15, -0.1) is 10.2 Å². The molecule has 1 amide bonds. The molecule has 2 heterocycles. The lowest BCUT2D eigenvalue weighted by molar-refractivity contribution is -0.292. The average molecular weight is 568 g/mol. The Morgan fingerprint density at radius 1 is 1.08 bits per heavy atom. The van der Waals surface area contributed by atoms with E-state index in [1.165, 1.54) is 18.2 Å². The Hall–Kier alpha value is -3.74. The van der Waals surface area contributed by atoms with Crippen molar-refractivity contribution in [2.45, 2.75) is 36.7 Å². The number of nitrogens with zero attached hydrogens (tertiary/aromatic N) is 6. The summed E-state index contributed by atoms with van der Waals surface area (Å²) < 4.78 is 110. The Kier molecular flexibility index (Phi) is 6.21. The van der Waals surface area contributed by atoms with Crippen LogP contribution in [0.4, 0.5) is 35.1 Å². The SMILES string of the molecule is Cn1nc(C(F)(F)C(F)(F)F)c(C(F)(F)F)c1-c1nnc(-c2ccc(Cl)c(C(=O)NC3(C#N)CC3)c2)n1C. The quantitative estimate of drug-likeness (QED) is 0.438. The highest BCUT2D eigenvalue weighted by Crippen LogP contribution is 2.50. The second-order valence-corrected chi connectivity index (χ2v) is 8.92. The zero-order valence-corrected chi connectivity index (χ0v) is 19.9. The number of alkyl halides is 8. The van der Waals surface area contributed by atoms with Crippen LogP contribution in [0.3, 0.4) is 0 Å². The standard InChI is InChI=1S/C21H14ClF8N7O/c1-36-15(9-3-4-11(22)10(7-9)17(38)32-18(8-31)5-6-18)33-34-16(36)13-12(20(25,26)27)14(35-37(13)2)19(23,24)21(28,29)30/h3-4,7H,5-6H2,1-2H3,(H,32,38). The summed E-state index contributed by atoms with van der Waals surface area (Å²) in [7, 11) is 1.89. The molecular formula is C21H14ClF8N7O. The van der Waals surface area contributed by atoms with E-state index in [4.69, 9.17) is 11.6 Å². The van der Waals surface area contributed by atoms with Crippen LogP contribution in [-0.4, -0.2) is 42.2 Å². The van der Waals surface area contributed by atoms with Gasteiger partial charge < -0.3 is 9.88 Å². The molecule has 202 valence electrons. The van der Waals surface area contributed by atoms with Crippen LogP contribution in [0.25, 0.3) is 22.9 Å². The highest BCUT2D eigenvalue weighted by Gasteiger charge is 2.64. The molecule has 8 nitrogen and oxygen atoms in total. The lowest BCUT2D eigenvalue weighted by atomic mass is 10.1. The Morgan fingerprint density at radius 3 is 2.21 bits per heavy atom. The van der Waals surface area contributed by atoms with Crippen molar-refractivity contribution < 1.29 is 39.9 Å². The number of carbonyl (C=O) groups is 1. The molecule has 0 bridgehead atoms. The molecule has 1 aromatic carbocycles. The first-order valence-corrected chi connectivity index (χ1v) is 10.8. The molecule has 2 aromatic heterocycles. The van der Waals surface area contributed by atoms with E-state index in [9.17, 15) is 45.2 Å². The first-order chi connectivity index (χ1) is 17.4. The Bertz CT molecular complexity index is 1480. The minimum absolute atomic E-state index is 0.0209. The van der Waals surface area contributed by atoms with E-state index in [-0.39, 0.29) is 26.7 Å². The predicted octanol–water partition coefficient (Wildman–Crippen LogP) is 4.99. The fourth-order valence-corrected chi connectivity index (χ4v) is 3.91. The molecule has 3 aromatic rings. The number of benzene rings is 1. The molecule has 0 atom stereocenters. The maximum absolute atomic E-state index is 14.0. The van der Waals surface area contributed by atoms with Gasteiger partial charge in [-0.2, -0.15) is 45.5 Å². The van der Waals surface area contributed by atoms with E-state index < -0.39 is 52.5 Å². The summed E-state index contributed by atoms with van der Waals surface area (Å²) in [6.07, 6.45) is -11.2. The minimum Gasteiger partial charge on any atom is -0.334 e. The number of halogens is 9. The van der Waals surface area contributed by atoms with Crippen molar-refractivity contribution in [1.82, 2.24) is 29.9 Å². The number of aromatic nitrogens is 5. The molecule has 38 heavy (non-hydrogen) atoms. The molecule has 1 fully saturated rings. The third-order valence-electron chi connectivity index (χ3n) is 5.86. The summed E-state index contributed by atoms with van der Waals surface area (Å²) in [6.45, 7) is 0. The fourth-order valence-electron chi connectivity index (χ4n) is 3.70. The molecule has 0 aliphatic heterocycles. The van der Waals surface area contributed by atoms with Crippen LogP contribution >= 0.6 is 11.6 Å². The molecule has 1 aliphatic rings. The van der Waals surface area contributed by atoms with Gasteiger partial charge in [-0.1, -0.05) is 11.6 Å². The van der Waals surface area contributed by atoms with E-state index in [2.05, 4.69) is 20.6 Å². The van der Waals surface area contributed by atoms with Gasteiger partial charge in [0.2, 0.25) is 0 Å². The molecule has 1 saturated carbocycles. The number of rotatable bonds is 5. The van der Waals surface area contributed by atoms with Gasteiger partial charge in [-0.05, 0) is 31.0 Å². The van der Waals surface area contributed by atoms with Gasteiger partial charge >= 0.3 is 18.3 Å². The first kappa shape index (κ1) is 27.3. The second-order valence-electron chi connectivity index (χ2n) is 8.51. The van der Waals surface area contributed by atoms with Crippen LogP contribution in [0.2, 0.25) is 5.02 Å². The van der Waals surface area contributed by atoms with Crippen molar-refractivity contribution in [3.8, 4) is 29.0 Å². The highest BCUT2D eigenvalue weighted by atomic mass is 35.5. The molecule has 17 heteroatoms. The summed E-state index contributed by atoms with van der Waals surface area (Å²) in [5.74, 6) is -7.53. The molecule has 4 rings (SSSR count). The number of hydrogen-bond acceptors (Lipinski definition) is 5. The van der Waals surface area contributed by atoms with E-state index in [0.717, 1.165) is 18.7 Å². The fraction of sp³-hybridized carbons (Fsp3) is 0.381. The largest absolute Gasteiger partial charge is 0.459 e. The van der Waals surface area contributed by atoms with Crippen molar-refractivity contribution in [2.24, 2.45) is 14.1 Å². The van der Waals surface area contributed by atoms with E-state index in [0.29, 0.717) is 12.8 Å². The van der Waals surface area contributed by atoms with Gasteiger partial charge in [0, 0.05) is 19.7 Å². The van der Waals surface area contributed by atoms with Crippen molar-refractivity contribution in [3.63, 3.8) is 0 Å². The molecule has 0 saturated heterocycles. The zero-order valence-electron chi connectivity index (χ0n) is 19.1. The number of aryl methyl sites for hydroxylation is 1. The molecule has 0 radical (unpaired) electrons. The molecule has 0 spiro atoms. The Morgan fingerprint density at radius 2 is 1.68 bits per heavy atom. The smallest absolute Gasteiger partial charge is 0.334 e. The van der Waals surface area contributed by atoms with Gasteiger partial charge in [-0.3, -0.25) is 9.48 Å². The third-order valence-corrected chi connectivity index (χ3v) is 6.19. The molecule has 1 aliphatic carbocycles. The van der Waals surface area contributed by atoms with Crippen molar-refractivity contribution in [3.05, 3.63) is 40.0 Å². The Balaban J connectivity index is 1.83. The monoisotopic (exact) mass is 567 g/mol. The first-order valence-electron chi connectivity index (χ1n) is 10.5. The van der Waals surface area contributed by atoms with Gasteiger partial charge in [0.15, 0.2) is 17.3 Å². The lowest BCUT2D eigenvalue weighted by Gasteiger charge is -2.19.